The van der Waals surface area contributed by atoms with E-state index in [4.69, 9.17) is 9.16 Å². The van der Waals surface area contributed by atoms with Crippen LogP contribution in [0.3, 0.4) is 0 Å². The SMILES string of the molecule is CC(C)CCCCC(=O)C1C(=O)OC[C@H]1CO[Si](C)(C)C(C)(C)C(C)C. The maximum Gasteiger partial charge on any atom is 0.316 e. The molecule has 152 valence electrons. The number of ketones is 1. The Morgan fingerprint density at radius 3 is 2.38 bits per heavy atom. The molecule has 0 aromatic rings. The number of hydrogen-bond acceptors (Lipinski definition) is 4. The lowest BCUT2D eigenvalue weighted by Crippen LogP contribution is -2.46. The van der Waals surface area contributed by atoms with Gasteiger partial charge in [0.1, 0.15) is 11.7 Å². The summed E-state index contributed by atoms with van der Waals surface area (Å²) < 4.78 is 11.6. The predicted octanol–water partition coefficient (Wildman–Crippen LogP) is 5.22. The van der Waals surface area contributed by atoms with Gasteiger partial charge in [-0.3, -0.25) is 9.59 Å². The van der Waals surface area contributed by atoms with Crippen LogP contribution in [0.2, 0.25) is 18.1 Å². The fraction of sp³-hybridized carbons (Fsp3) is 0.905. The monoisotopic (exact) mass is 384 g/mol. The zero-order valence-electron chi connectivity index (χ0n) is 18.2. The van der Waals surface area contributed by atoms with Gasteiger partial charge in [0.15, 0.2) is 8.32 Å². The van der Waals surface area contributed by atoms with Crippen molar-refractivity contribution in [3.05, 3.63) is 0 Å². The van der Waals surface area contributed by atoms with E-state index in [1.165, 1.54) is 0 Å². The second-order valence-electron chi connectivity index (χ2n) is 9.67. The van der Waals surface area contributed by atoms with Gasteiger partial charge in [-0.25, -0.2) is 0 Å². The summed E-state index contributed by atoms with van der Waals surface area (Å²) in [7, 11) is -1.97. The second kappa shape index (κ2) is 9.49. The zero-order chi connectivity index (χ0) is 20.1. The highest BCUT2D eigenvalue weighted by atomic mass is 28.4. The molecule has 0 spiro atoms. The first-order valence-electron chi connectivity index (χ1n) is 10.2. The molecule has 1 heterocycles. The van der Waals surface area contributed by atoms with Crippen LogP contribution in [-0.4, -0.2) is 33.3 Å². The molecule has 1 aliphatic rings. The Labute approximate surface area is 161 Å². The first-order valence-corrected chi connectivity index (χ1v) is 13.1. The number of ether oxygens (including phenoxy) is 1. The Kier molecular flexibility index (Phi) is 8.53. The first-order chi connectivity index (χ1) is 11.9. The largest absolute Gasteiger partial charge is 0.465 e. The number of cyclic esters (lactones) is 1. The zero-order valence-corrected chi connectivity index (χ0v) is 19.2. The average molecular weight is 385 g/mol. The van der Waals surface area contributed by atoms with Crippen LogP contribution in [0.4, 0.5) is 0 Å². The van der Waals surface area contributed by atoms with Crippen molar-refractivity contribution in [1.29, 1.82) is 0 Å². The molecule has 0 aromatic carbocycles. The molecule has 0 bridgehead atoms. The molecule has 1 rings (SSSR count). The fourth-order valence-electron chi connectivity index (χ4n) is 3.31. The Bertz CT molecular complexity index is 482. The summed E-state index contributed by atoms with van der Waals surface area (Å²) >= 11 is 0. The maximum atomic E-state index is 12.6. The summed E-state index contributed by atoms with van der Waals surface area (Å²) in [5.41, 5.74) is 0. The molecule has 1 saturated heterocycles. The molecule has 1 aliphatic heterocycles. The topological polar surface area (TPSA) is 52.6 Å². The molecule has 2 atom stereocenters. The van der Waals surface area contributed by atoms with E-state index in [9.17, 15) is 9.59 Å². The molecule has 26 heavy (non-hydrogen) atoms. The molecule has 1 unspecified atom stereocenters. The minimum absolute atomic E-state index is 0.0347. The van der Waals surface area contributed by atoms with Crippen LogP contribution in [0, 0.1) is 23.7 Å². The van der Waals surface area contributed by atoms with E-state index < -0.39 is 14.2 Å². The molecule has 4 nitrogen and oxygen atoms in total. The van der Waals surface area contributed by atoms with Crippen LogP contribution in [0.15, 0.2) is 0 Å². The minimum atomic E-state index is -1.97. The molecule has 0 aromatic heterocycles. The standard InChI is InChI=1S/C21H40O4Si/c1-15(2)11-9-10-12-18(22)19-17(13-24-20(19)23)14-25-26(7,8)21(5,6)16(3)4/h15-17,19H,9-14H2,1-8H3/t17-,19?/m0/s1. The highest BCUT2D eigenvalue weighted by Gasteiger charge is 2.46. The highest BCUT2D eigenvalue weighted by molar-refractivity contribution is 6.74. The normalized spacial score (nSPS) is 21.5. The van der Waals surface area contributed by atoms with Gasteiger partial charge in [-0.1, -0.05) is 54.4 Å². The van der Waals surface area contributed by atoms with Crippen LogP contribution in [-0.2, 0) is 18.8 Å². The molecule has 0 saturated carbocycles. The third-order valence-corrected chi connectivity index (χ3v) is 11.2. The summed E-state index contributed by atoms with van der Waals surface area (Å²) in [6.45, 7) is 18.6. The van der Waals surface area contributed by atoms with Crippen LogP contribution in [0.5, 0.6) is 0 Å². The van der Waals surface area contributed by atoms with Gasteiger partial charge in [0.2, 0.25) is 0 Å². The number of rotatable bonds is 11. The van der Waals surface area contributed by atoms with Crippen LogP contribution in [0.25, 0.3) is 0 Å². The van der Waals surface area contributed by atoms with E-state index in [0.29, 0.717) is 31.5 Å². The van der Waals surface area contributed by atoms with E-state index in [1.807, 2.05) is 0 Å². The van der Waals surface area contributed by atoms with E-state index >= 15 is 0 Å². The van der Waals surface area contributed by atoms with Gasteiger partial charge in [-0.15, -0.1) is 0 Å². The van der Waals surface area contributed by atoms with E-state index in [1.54, 1.807) is 0 Å². The quantitative estimate of drug-likeness (QED) is 0.212. The smallest absolute Gasteiger partial charge is 0.316 e. The number of Topliss-reactive ketones (excluding diaryl/α,β-unsaturated/α-hetero) is 1. The van der Waals surface area contributed by atoms with E-state index in [-0.39, 0.29) is 22.7 Å². The molecule has 1 fully saturated rings. The maximum absolute atomic E-state index is 12.6. The Morgan fingerprint density at radius 2 is 1.85 bits per heavy atom. The second-order valence-corrected chi connectivity index (χ2v) is 14.3. The summed E-state index contributed by atoms with van der Waals surface area (Å²) in [5, 5.41) is 0.118. The number of unbranched alkanes of at least 4 members (excludes halogenated alkanes) is 1. The predicted molar refractivity (Wildman–Crippen MR) is 109 cm³/mol. The molecular weight excluding hydrogens is 344 g/mol. The van der Waals surface area contributed by atoms with Crippen LogP contribution >= 0.6 is 0 Å². The third-order valence-electron chi connectivity index (χ3n) is 6.62. The Morgan fingerprint density at radius 1 is 1.23 bits per heavy atom. The van der Waals surface area contributed by atoms with Gasteiger partial charge in [0.05, 0.1) is 6.61 Å². The number of carbonyl (C=O) groups is 2. The van der Waals surface area contributed by atoms with E-state index in [0.717, 1.165) is 19.3 Å². The lowest BCUT2D eigenvalue weighted by Gasteiger charge is -2.43. The summed E-state index contributed by atoms with van der Waals surface area (Å²) in [6.07, 6.45) is 3.49. The first kappa shape index (κ1) is 23.4. The van der Waals surface area contributed by atoms with Crippen molar-refractivity contribution >= 4 is 20.1 Å². The van der Waals surface area contributed by atoms with Gasteiger partial charge in [0, 0.05) is 18.9 Å². The van der Waals surface area contributed by atoms with Crippen LogP contribution in [0.1, 0.15) is 67.2 Å². The lowest BCUT2D eigenvalue weighted by atomic mass is 9.89. The third kappa shape index (κ3) is 5.91. The van der Waals surface area contributed by atoms with Crippen LogP contribution < -0.4 is 0 Å². The Balaban J connectivity index is 2.63. The van der Waals surface area contributed by atoms with Crippen molar-refractivity contribution in [2.45, 2.75) is 85.4 Å². The summed E-state index contributed by atoms with van der Waals surface area (Å²) in [4.78, 5) is 24.7. The highest BCUT2D eigenvalue weighted by Crippen LogP contribution is 2.45. The minimum Gasteiger partial charge on any atom is -0.465 e. The molecule has 0 N–H and O–H groups in total. The lowest BCUT2D eigenvalue weighted by molar-refractivity contribution is -0.144. The van der Waals surface area contributed by atoms with Gasteiger partial charge >= 0.3 is 5.97 Å². The molecule has 0 aliphatic carbocycles. The van der Waals surface area contributed by atoms with Crippen molar-refractivity contribution < 1.29 is 18.8 Å². The molecular formula is C21H40O4Si. The summed E-state index contributed by atoms with van der Waals surface area (Å²) in [6, 6.07) is 0. The van der Waals surface area contributed by atoms with Gasteiger partial charge in [0.25, 0.3) is 0 Å². The fourth-order valence-corrected chi connectivity index (χ4v) is 5.70. The Hall–Kier alpha value is -0.683. The molecule has 5 heteroatoms. The summed E-state index contributed by atoms with van der Waals surface area (Å²) in [5.74, 6) is 0.0987. The average Bonchev–Trinajstić information content (AvgIpc) is 2.89. The van der Waals surface area contributed by atoms with Crippen molar-refractivity contribution in [2.24, 2.45) is 23.7 Å². The van der Waals surface area contributed by atoms with E-state index in [2.05, 4.69) is 54.6 Å². The van der Waals surface area contributed by atoms with Crippen molar-refractivity contribution in [2.75, 3.05) is 13.2 Å². The molecule has 0 amide bonds. The van der Waals surface area contributed by atoms with Crippen molar-refractivity contribution in [1.82, 2.24) is 0 Å². The molecule has 0 radical (unpaired) electrons. The number of carbonyl (C=O) groups excluding carboxylic acids is 2. The number of esters is 1. The van der Waals surface area contributed by atoms with Gasteiger partial charge in [-0.2, -0.15) is 0 Å². The number of hydrogen-bond donors (Lipinski definition) is 0. The van der Waals surface area contributed by atoms with Crippen molar-refractivity contribution in [3.8, 4) is 0 Å². The van der Waals surface area contributed by atoms with Gasteiger partial charge < -0.3 is 9.16 Å². The van der Waals surface area contributed by atoms with Crippen molar-refractivity contribution in [3.63, 3.8) is 0 Å². The van der Waals surface area contributed by atoms with Gasteiger partial charge in [-0.05, 0) is 36.4 Å².